The zero-order valence-electron chi connectivity index (χ0n) is 14.3. The first-order valence-corrected chi connectivity index (χ1v) is 8.87. The first-order chi connectivity index (χ1) is 12.6. The van der Waals surface area contributed by atoms with Gasteiger partial charge in [-0.05, 0) is 37.0 Å². The van der Waals surface area contributed by atoms with Crippen molar-refractivity contribution in [2.45, 2.75) is 31.4 Å². The second-order valence-corrected chi connectivity index (χ2v) is 6.77. The largest absolute Gasteiger partial charge is 0.388 e. The lowest BCUT2D eigenvalue weighted by molar-refractivity contribution is 0.158. The van der Waals surface area contributed by atoms with Crippen LogP contribution in [-0.4, -0.2) is 22.7 Å². The van der Waals surface area contributed by atoms with Crippen LogP contribution < -0.4 is 4.90 Å². The van der Waals surface area contributed by atoms with Gasteiger partial charge in [0.05, 0.1) is 6.10 Å². The molecule has 2 unspecified atom stereocenters. The topological polar surface area (TPSA) is 36.4 Å². The van der Waals surface area contributed by atoms with Crippen molar-refractivity contribution in [1.29, 1.82) is 0 Å². The van der Waals surface area contributed by atoms with Crippen molar-refractivity contribution in [3.8, 4) is 0 Å². The average molecular weight is 354 g/mol. The standard InChI is InChI=1S/C21H20F2N2O/c22-15-11-17-19(8-9-24-21(17)18(23)12-15)25-10-4-7-16(25)13-20(26)14-5-2-1-3-6-14/h1-3,5-6,8-9,11-12,16,20,26H,4,7,10,13H2. The highest BCUT2D eigenvalue weighted by Gasteiger charge is 2.29. The summed E-state index contributed by atoms with van der Waals surface area (Å²) in [6, 6.07) is 13.7. The van der Waals surface area contributed by atoms with E-state index < -0.39 is 17.7 Å². The highest BCUT2D eigenvalue weighted by atomic mass is 19.1. The van der Waals surface area contributed by atoms with Crippen LogP contribution in [0.2, 0.25) is 0 Å². The number of halogens is 2. The number of aliphatic hydroxyl groups excluding tert-OH is 1. The first kappa shape index (κ1) is 16.9. The van der Waals surface area contributed by atoms with Gasteiger partial charge in [-0.15, -0.1) is 0 Å². The Kier molecular flexibility index (Phi) is 4.55. The molecule has 1 saturated heterocycles. The molecule has 26 heavy (non-hydrogen) atoms. The average Bonchev–Trinajstić information content (AvgIpc) is 3.10. The minimum absolute atomic E-state index is 0.113. The molecule has 0 aliphatic carbocycles. The molecule has 2 aromatic carbocycles. The summed E-state index contributed by atoms with van der Waals surface area (Å²) in [5.74, 6) is -1.26. The molecule has 0 bridgehead atoms. The number of hydrogen-bond acceptors (Lipinski definition) is 3. The number of aromatic nitrogens is 1. The Morgan fingerprint density at radius 3 is 2.77 bits per heavy atom. The van der Waals surface area contributed by atoms with Crippen LogP contribution >= 0.6 is 0 Å². The van der Waals surface area contributed by atoms with Gasteiger partial charge in [-0.2, -0.15) is 0 Å². The summed E-state index contributed by atoms with van der Waals surface area (Å²) in [6.07, 6.45) is 3.48. The zero-order valence-corrected chi connectivity index (χ0v) is 14.3. The summed E-state index contributed by atoms with van der Waals surface area (Å²) in [5, 5.41) is 11.1. The number of hydrogen-bond donors (Lipinski definition) is 1. The maximum absolute atomic E-state index is 14.1. The molecule has 3 nitrogen and oxygen atoms in total. The molecule has 5 heteroatoms. The van der Waals surface area contributed by atoms with Crippen LogP contribution in [0.3, 0.4) is 0 Å². The normalized spacial score (nSPS) is 18.4. The number of fused-ring (bicyclic) bond motifs is 1. The lowest BCUT2D eigenvalue weighted by atomic mass is 10.00. The molecular formula is C21H20F2N2O. The summed E-state index contributed by atoms with van der Waals surface area (Å²) in [6.45, 7) is 0.795. The third kappa shape index (κ3) is 3.15. The summed E-state index contributed by atoms with van der Waals surface area (Å²) < 4.78 is 27.8. The van der Waals surface area contributed by atoms with Crippen molar-refractivity contribution in [3.63, 3.8) is 0 Å². The van der Waals surface area contributed by atoms with E-state index in [1.165, 1.54) is 6.07 Å². The van der Waals surface area contributed by atoms with Crippen molar-refractivity contribution < 1.29 is 13.9 Å². The van der Waals surface area contributed by atoms with Gasteiger partial charge in [0.1, 0.15) is 11.3 Å². The van der Waals surface area contributed by atoms with Gasteiger partial charge in [-0.3, -0.25) is 4.98 Å². The molecule has 1 N–H and O–H groups in total. The van der Waals surface area contributed by atoms with Crippen molar-refractivity contribution in [2.75, 3.05) is 11.4 Å². The molecule has 0 amide bonds. The van der Waals surface area contributed by atoms with Gasteiger partial charge >= 0.3 is 0 Å². The molecule has 1 aliphatic rings. The van der Waals surface area contributed by atoms with Crippen molar-refractivity contribution >= 4 is 16.6 Å². The molecular weight excluding hydrogens is 334 g/mol. The lowest BCUT2D eigenvalue weighted by Crippen LogP contribution is -2.31. The number of anilines is 1. The van der Waals surface area contributed by atoms with Gasteiger partial charge in [-0.25, -0.2) is 8.78 Å². The first-order valence-electron chi connectivity index (χ1n) is 8.87. The van der Waals surface area contributed by atoms with Gasteiger partial charge in [-0.1, -0.05) is 30.3 Å². The Morgan fingerprint density at radius 2 is 1.96 bits per heavy atom. The van der Waals surface area contributed by atoms with Gasteiger partial charge in [0.2, 0.25) is 0 Å². The fraction of sp³-hybridized carbons (Fsp3) is 0.286. The van der Waals surface area contributed by atoms with E-state index in [0.29, 0.717) is 11.8 Å². The number of aliphatic hydroxyl groups is 1. The second kappa shape index (κ2) is 7.00. The maximum Gasteiger partial charge on any atom is 0.152 e. The summed E-state index contributed by atoms with van der Waals surface area (Å²) in [7, 11) is 0. The third-order valence-electron chi connectivity index (χ3n) is 5.11. The van der Waals surface area contributed by atoms with E-state index in [1.54, 1.807) is 12.3 Å². The molecule has 1 aromatic heterocycles. The number of benzene rings is 2. The van der Waals surface area contributed by atoms with Gasteiger partial charge in [0.25, 0.3) is 0 Å². The van der Waals surface area contributed by atoms with Crippen LogP contribution in [0, 0.1) is 11.6 Å². The fourth-order valence-electron chi connectivity index (χ4n) is 3.88. The van der Waals surface area contributed by atoms with E-state index in [0.717, 1.165) is 36.7 Å². The van der Waals surface area contributed by atoms with Crippen molar-refractivity contribution in [2.24, 2.45) is 0 Å². The molecule has 0 spiro atoms. The minimum atomic E-state index is -0.651. The van der Waals surface area contributed by atoms with Crippen LogP contribution in [0.5, 0.6) is 0 Å². The summed E-state index contributed by atoms with van der Waals surface area (Å²) >= 11 is 0. The van der Waals surface area contributed by atoms with E-state index in [1.807, 2.05) is 30.3 Å². The predicted octanol–water partition coefficient (Wildman–Crippen LogP) is 4.61. The quantitative estimate of drug-likeness (QED) is 0.744. The van der Waals surface area contributed by atoms with Crippen LogP contribution in [0.25, 0.3) is 10.9 Å². The maximum atomic E-state index is 14.1. The SMILES string of the molecule is OC(CC1CCCN1c1ccnc2c(F)cc(F)cc12)c1ccccc1. The summed E-state index contributed by atoms with van der Waals surface area (Å²) in [4.78, 5) is 6.22. The molecule has 0 radical (unpaired) electrons. The van der Waals surface area contributed by atoms with Crippen LogP contribution in [0.15, 0.2) is 54.7 Å². The molecule has 3 aromatic rings. The lowest BCUT2D eigenvalue weighted by Gasteiger charge is -2.29. The third-order valence-corrected chi connectivity index (χ3v) is 5.11. The molecule has 134 valence electrons. The van der Waals surface area contributed by atoms with Gasteiger partial charge < -0.3 is 10.0 Å². The van der Waals surface area contributed by atoms with Crippen LogP contribution in [0.1, 0.15) is 30.9 Å². The fourth-order valence-corrected chi connectivity index (χ4v) is 3.88. The second-order valence-electron chi connectivity index (χ2n) is 6.77. The highest BCUT2D eigenvalue weighted by Crippen LogP contribution is 2.35. The van der Waals surface area contributed by atoms with E-state index in [2.05, 4.69) is 9.88 Å². The monoisotopic (exact) mass is 354 g/mol. The predicted molar refractivity (Wildman–Crippen MR) is 98.0 cm³/mol. The van der Waals surface area contributed by atoms with E-state index >= 15 is 0 Å². The van der Waals surface area contributed by atoms with Gasteiger partial charge in [0.15, 0.2) is 5.82 Å². The Labute approximate surface area is 150 Å². The van der Waals surface area contributed by atoms with E-state index in [4.69, 9.17) is 0 Å². The number of nitrogens with zero attached hydrogens (tertiary/aromatic N) is 2. The Balaban J connectivity index is 1.66. The number of pyridine rings is 1. The van der Waals surface area contributed by atoms with Crippen molar-refractivity contribution in [3.05, 3.63) is 71.9 Å². The molecule has 4 rings (SSSR count). The zero-order chi connectivity index (χ0) is 18.1. The van der Waals surface area contributed by atoms with E-state index in [9.17, 15) is 13.9 Å². The minimum Gasteiger partial charge on any atom is -0.388 e. The molecule has 1 aliphatic heterocycles. The Hall–Kier alpha value is -2.53. The van der Waals surface area contributed by atoms with Crippen LogP contribution in [-0.2, 0) is 0 Å². The number of rotatable bonds is 4. The Bertz CT molecular complexity index is 917. The van der Waals surface area contributed by atoms with Crippen LogP contribution in [0.4, 0.5) is 14.5 Å². The highest BCUT2D eigenvalue weighted by molar-refractivity contribution is 5.92. The molecule has 1 fully saturated rings. The summed E-state index contributed by atoms with van der Waals surface area (Å²) in [5.41, 5.74) is 1.84. The van der Waals surface area contributed by atoms with E-state index in [-0.39, 0.29) is 11.6 Å². The molecule has 2 atom stereocenters. The Morgan fingerprint density at radius 1 is 1.15 bits per heavy atom. The van der Waals surface area contributed by atoms with Gasteiger partial charge in [0, 0.05) is 35.9 Å². The molecule has 2 heterocycles. The molecule has 0 saturated carbocycles. The smallest absolute Gasteiger partial charge is 0.152 e. The van der Waals surface area contributed by atoms with Crippen molar-refractivity contribution in [1.82, 2.24) is 4.98 Å².